The minimum absolute atomic E-state index is 0.237. The number of carbonyl (C=O) groups is 1. The molecule has 0 fully saturated rings. The van der Waals surface area contributed by atoms with Crippen molar-refractivity contribution >= 4 is 35.0 Å². The first-order valence-electron chi connectivity index (χ1n) is 6.95. The lowest BCUT2D eigenvalue weighted by Crippen LogP contribution is -2.04. The number of anilines is 1. The maximum Gasteiger partial charge on any atom is 0.257 e. The van der Waals surface area contributed by atoms with Crippen LogP contribution in [0.1, 0.15) is 16.7 Å². The van der Waals surface area contributed by atoms with E-state index < -0.39 is 0 Å². The first kappa shape index (κ1) is 15.4. The van der Waals surface area contributed by atoms with Gasteiger partial charge in [-0.25, -0.2) is 4.98 Å². The third kappa shape index (κ3) is 2.64. The number of hydrogen-bond donors (Lipinski definition) is 1. The molecule has 23 heavy (non-hydrogen) atoms. The highest BCUT2D eigenvalue weighted by molar-refractivity contribution is 6.41. The molecule has 6 heteroatoms. The van der Waals surface area contributed by atoms with E-state index in [1.807, 2.05) is 19.1 Å². The smallest absolute Gasteiger partial charge is 0.257 e. The number of nitrogens with one attached hydrogen (secondary N) is 1. The van der Waals surface area contributed by atoms with Crippen LogP contribution in [0.5, 0.6) is 11.5 Å². The summed E-state index contributed by atoms with van der Waals surface area (Å²) in [6.45, 7) is 1.91. The zero-order chi connectivity index (χ0) is 16.6. The third-order valence-corrected chi connectivity index (χ3v) is 4.05. The number of amides is 1. The molecule has 1 aliphatic heterocycles. The summed E-state index contributed by atoms with van der Waals surface area (Å²) < 4.78 is 10.7. The maximum atomic E-state index is 12.2. The molecule has 3 rings (SSSR count). The van der Waals surface area contributed by atoms with Crippen LogP contribution < -0.4 is 14.8 Å². The fraction of sp³-hybridized carbons (Fsp3) is 0.176. The van der Waals surface area contributed by atoms with Gasteiger partial charge >= 0.3 is 0 Å². The second-order valence-electron chi connectivity index (χ2n) is 5.08. The average molecular weight is 331 g/mol. The monoisotopic (exact) mass is 330 g/mol. The Kier molecular flexibility index (Phi) is 3.96. The molecule has 0 spiro atoms. The van der Waals surface area contributed by atoms with E-state index in [1.54, 1.807) is 32.6 Å². The number of ether oxygens (including phenoxy) is 2. The maximum absolute atomic E-state index is 12.2. The van der Waals surface area contributed by atoms with Crippen molar-refractivity contribution in [3.63, 3.8) is 0 Å². The molecule has 2 heterocycles. The van der Waals surface area contributed by atoms with Crippen LogP contribution in [0.15, 0.2) is 24.4 Å². The van der Waals surface area contributed by atoms with E-state index in [-0.39, 0.29) is 5.91 Å². The Morgan fingerprint density at radius 2 is 1.87 bits per heavy atom. The molecule has 0 aliphatic carbocycles. The molecular weight excluding hydrogens is 316 g/mol. The van der Waals surface area contributed by atoms with Crippen LogP contribution in [-0.2, 0) is 4.79 Å². The Balaban J connectivity index is 2.15. The highest BCUT2D eigenvalue weighted by Crippen LogP contribution is 2.38. The van der Waals surface area contributed by atoms with Crippen LogP contribution in [0.3, 0.4) is 0 Å². The van der Waals surface area contributed by atoms with E-state index in [2.05, 4.69) is 10.3 Å². The number of nitrogens with zero attached hydrogens (tertiary/aromatic N) is 1. The summed E-state index contributed by atoms with van der Waals surface area (Å²) in [5, 5.41) is 3.19. The van der Waals surface area contributed by atoms with Gasteiger partial charge in [0.05, 0.1) is 24.8 Å². The second-order valence-corrected chi connectivity index (χ2v) is 5.49. The van der Waals surface area contributed by atoms with E-state index in [4.69, 9.17) is 21.1 Å². The molecule has 1 aliphatic rings. The normalized spacial score (nSPS) is 14.6. The topological polar surface area (TPSA) is 60.5 Å². The molecule has 1 aromatic carbocycles. The molecule has 0 saturated heterocycles. The van der Waals surface area contributed by atoms with E-state index in [0.29, 0.717) is 33.5 Å². The Hall–Kier alpha value is -2.53. The number of hydrogen-bond acceptors (Lipinski definition) is 4. The fourth-order valence-electron chi connectivity index (χ4n) is 2.57. The van der Waals surface area contributed by atoms with Crippen molar-refractivity contribution in [3.05, 3.63) is 46.1 Å². The van der Waals surface area contributed by atoms with E-state index in [0.717, 1.165) is 11.1 Å². The summed E-state index contributed by atoms with van der Waals surface area (Å²) in [4.78, 5) is 16.4. The van der Waals surface area contributed by atoms with Crippen molar-refractivity contribution in [2.24, 2.45) is 0 Å². The summed E-state index contributed by atoms with van der Waals surface area (Å²) in [6, 6.07) is 5.35. The van der Waals surface area contributed by atoms with Gasteiger partial charge < -0.3 is 14.8 Å². The number of pyridine rings is 1. The number of benzene rings is 1. The van der Waals surface area contributed by atoms with Gasteiger partial charge in [-0.05, 0) is 36.8 Å². The minimum atomic E-state index is -0.237. The summed E-state index contributed by atoms with van der Waals surface area (Å²) in [7, 11) is 3.19. The largest absolute Gasteiger partial charge is 0.496 e. The van der Waals surface area contributed by atoms with Gasteiger partial charge in [0.15, 0.2) is 0 Å². The second kappa shape index (κ2) is 5.93. The Bertz CT molecular complexity index is 806. The van der Waals surface area contributed by atoms with E-state index in [1.165, 1.54) is 0 Å². The highest BCUT2D eigenvalue weighted by atomic mass is 35.5. The molecule has 0 bridgehead atoms. The van der Waals surface area contributed by atoms with Gasteiger partial charge in [-0.3, -0.25) is 4.79 Å². The van der Waals surface area contributed by atoms with Crippen molar-refractivity contribution in [2.45, 2.75) is 6.92 Å². The van der Waals surface area contributed by atoms with Gasteiger partial charge in [0.2, 0.25) is 0 Å². The standard InChI is InChI=1S/C17H15ClN2O3/c1-9-13(22-2)7-10(8-14(9)23-3)6-11-15-12(18)4-5-19-16(15)20-17(11)21/h4-8H,1-3H3,(H,19,20,21). The molecule has 0 radical (unpaired) electrons. The predicted octanol–water partition coefficient (Wildman–Crippen LogP) is 3.55. The molecule has 1 aromatic heterocycles. The number of methoxy groups -OCH3 is 2. The summed E-state index contributed by atoms with van der Waals surface area (Å²) in [6.07, 6.45) is 3.31. The van der Waals surface area contributed by atoms with Gasteiger partial charge in [-0.1, -0.05) is 11.6 Å². The van der Waals surface area contributed by atoms with Crippen LogP contribution in [0, 0.1) is 6.92 Å². The zero-order valence-corrected chi connectivity index (χ0v) is 13.7. The molecule has 1 N–H and O–H groups in total. The van der Waals surface area contributed by atoms with Crippen LogP contribution in [0.2, 0.25) is 5.02 Å². The predicted molar refractivity (Wildman–Crippen MR) is 90.0 cm³/mol. The zero-order valence-electron chi connectivity index (χ0n) is 12.9. The first-order chi connectivity index (χ1) is 11.0. The highest BCUT2D eigenvalue weighted by Gasteiger charge is 2.27. The van der Waals surface area contributed by atoms with Crippen molar-refractivity contribution < 1.29 is 14.3 Å². The van der Waals surface area contributed by atoms with Gasteiger partial charge in [-0.2, -0.15) is 0 Å². The Morgan fingerprint density at radius 1 is 1.22 bits per heavy atom. The van der Waals surface area contributed by atoms with E-state index in [9.17, 15) is 4.79 Å². The summed E-state index contributed by atoms with van der Waals surface area (Å²) in [5.41, 5.74) is 2.75. The molecule has 0 unspecified atom stereocenters. The first-order valence-corrected chi connectivity index (χ1v) is 7.33. The molecule has 5 nitrogen and oxygen atoms in total. The Morgan fingerprint density at radius 3 is 2.48 bits per heavy atom. The van der Waals surface area contributed by atoms with E-state index >= 15 is 0 Å². The molecule has 2 aromatic rings. The molecule has 1 amide bonds. The van der Waals surface area contributed by atoms with Crippen LogP contribution in [0.25, 0.3) is 11.6 Å². The number of fused-ring (bicyclic) bond motifs is 1. The van der Waals surface area contributed by atoms with Gasteiger partial charge in [0.25, 0.3) is 5.91 Å². The van der Waals surface area contributed by atoms with Gasteiger partial charge in [0, 0.05) is 17.3 Å². The fourth-order valence-corrected chi connectivity index (χ4v) is 2.82. The molecule has 0 atom stereocenters. The molecule has 0 saturated carbocycles. The number of rotatable bonds is 3. The quantitative estimate of drug-likeness (QED) is 0.874. The SMILES string of the molecule is COc1cc(C=C2C(=O)Nc3nccc(Cl)c32)cc(OC)c1C. The lowest BCUT2D eigenvalue weighted by atomic mass is 10.0. The summed E-state index contributed by atoms with van der Waals surface area (Å²) >= 11 is 6.22. The molecule has 118 valence electrons. The van der Waals surface area contributed by atoms with Crippen molar-refractivity contribution in [1.29, 1.82) is 0 Å². The average Bonchev–Trinajstić information content (AvgIpc) is 2.85. The van der Waals surface area contributed by atoms with Crippen molar-refractivity contribution in [3.8, 4) is 11.5 Å². The van der Waals surface area contributed by atoms with Crippen LogP contribution >= 0.6 is 11.6 Å². The van der Waals surface area contributed by atoms with Crippen LogP contribution in [0.4, 0.5) is 5.82 Å². The lowest BCUT2D eigenvalue weighted by Gasteiger charge is -2.11. The van der Waals surface area contributed by atoms with Crippen molar-refractivity contribution in [2.75, 3.05) is 19.5 Å². The van der Waals surface area contributed by atoms with Crippen LogP contribution in [-0.4, -0.2) is 25.1 Å². The number of halogens is 1. The summed E-state index contributed by atoms with van der Waals surface area (Å²) in [5.74, 6) is 1.61. The number of aromatic nitrogens is 1. The third-order valence-electron chi connectivity index (χ3n) is 3.73. The lowest BCUT2D eigenvalue weighted by molar-refractivity contribution is -0.110. The number of carbonyl (C=O) groups excluding carboxylic acids is 1. The van der Waals surface area contributed by atoms with Crippen molar-refractivity contribution in [1.82, 2.24) is 4.98 Å². The Labute approximate surface area is 138 Å². The minimum Gasteiger partial charge on any atom is -0.496 e. The van der Waals surface area contributed by atoms with Gasteiger partial charge in [0.1, 0.15) is 17.3 Å². The molecular formula is C17H15ClN2O3. The van der Waals surface area contributed by atoms with Gasteiger partial charge in [-0.15, -0.1) is 0 Å².